The van der Waals surface area contributed by atoms with Crippen LogP contribution in [0.5, 0.6) is 0 Å². The standard InChI is InChI=1S/C24H27N3O3/c1-3-13-25-22(28)19-11-14-27(15-12-19)24(30)20-5-4-6-21(16-20)26-23(29)18-9-7-17(2)8-10-18/h3-10,16,19H,1,11-15H2,2H3,(H,25,28)(H,26,29). The van der Waals surface area contributed by atoms with E-state index in [0.29, 0.717) is 49.3 Å². The van der Waals surface area contributed by atoms with Crippen molar-refractivity contribution in [3.63, 3.8) is 0 Å². The van der Waals surface area contributed by atoms with Crippen molar-refractivity contribution in [3.05, 3.63) is 77.9 Å². The van der Waals surface area contributed by atoms with Crippen molar-refractivity contribution >= 4 is 23.4 Å². The number of likely N-dealkylation sites (tertiary alicyclic amines) is 1. The Labute approximate surface area is 177 Å². The van der Waals surface area contributed by atoms with Crippen molar-refractivity contribution in [1.82, 2.24) is 10.2 Å². The molecule has 6 heteroatoms. The van der Waals surface area contributed by atoms with Gasteiger partial charge in [-0.3, -0.25) is 14.4 Å². The maximum Gasteiger partial charge on any atom is 0.255 e. The van der Waals surface area contributed by atoms with Crippen molar-refractivity contribution in [2.45, 2.75) is 19.8 Å². The highest BCUT2D eigenvalue weighted by Gasteiger charge is 2.27. The van der Waals surface area contributed by atoms with E-state index in [-0.39, 0.29) is 23.6 Å². The first-order chi connectivity index (χ1) is 14.5. The minimum atomic E-state index is -0.217. The molecule has 156 valence electrons. The highest BCUT2D eigenvalue weighted by atomic mass is 16.2. The molecule has 3 amide bonds. The summed E-state index contributed by atoms with van der Waals surface area (Å²) in [6, 6.07) is 14.3. The summed E-state index contributed by atoms with van der Waals surface area (Å²) >= 11 is 0. The second-order valence-electron chi connectivity index (χ2n) is 7.50. The van der Waals surface area contributed by atoms with E-state index >= 15 is 0 Å². The van der Waals surface area contributed by atoms with Crippen LogP contribution in [0.4, 0.5) is 5.69 Å². The zero-order valence-electron chi connectivity index (χ0n) is 17.2. The number of aryl methyl sites for hydroxylation is 1. The van der Waals surface area contributed by atoms with Crippen molar-refractivity contribution < 1.29 is 14.4 Å². The van der Waals surface area contributed by atoms with E-state index in [0.717, 1.165) is 5.56 Å². The number of carbonyl (C=O) groups is 3. The summed E-state index contributed by atoms with van der Waals surface area (Å²) in [5, 5.41) is 5.67. The highest BCUT2D eigenvalue weighted by molar-refractivity contribution is 6.05. The van der Waals surface area contributed by atoms with E-state index in [2.05, 4.69) is 17.2 Å². The molecule has 1 fully saturated rings. The molecule has 0 spiro atoms. The van der Waals surface area contributed by atoms with Gasteiger partial charge in [-0.25, -0.2) is 0 Å². The maximum absolute atomic E-state index is 12.9. The third-order valence-corrected chi connectivity index (χ3v) is 5.25. The Morgan fingerprint density at radius 3 is 2.43 bits per heavy atom. The molecule has 30 heavy (non-hydrogen) atoms. The first-order valence-corrected chi connectivity index (χ1v) is 10.1. The van der Waals surface area contributed by atoms with E-state index in [1.807, 2.05) is 19.1 Å². The Morgan fingerprint density at radius 1 is 1.07 bits per heavy atom. The molecule has 3 rings (SSSR count). The van der Waals surface area contributed by atoms with Crippen LogP contribution in [0.25, 0.3) is 0 Å². The number of hydrogen-bond acceptors (Lipinski definition) is 3. The number of anilines is 1. The number of rotatable bonds is 6. The summed E-state index contributed by atoms with van der Waals surface area (Å²) < 4.78 is 0. The molecule has 2 aromatic carbocycles. The third-order valence-electron chi connectivity index (χ3n) is 5.25. The SMILES string of the molecule is C=CCNC(=O)C1CCN(C(=O)c2cccc(NC(=O)c3ccc(C)cc3)c2)CC1. The molecule has 1 aliphatic heterocycles. The van der Waals surface area contributed by atoms with E-state index in [1.165, 1.54) is 0 Å². The van der Waals surface area contributed by atoms with Crippen molar-refractivity contribution in [1.29, 1.82) is 0 Å². The van der Waals surface area contributed by atoms with Gasteiger partial charge in [0.1, 0.15) is 0 Å². The molecule has 0 atom stereocenters. The summed E-state index contributed by atoms with van der Waals surface area (Å²) in [6.45, 7) is 7.09. The lowest BCUT2D eigenvalue weighted by Gasteiger charge is -2.31. The number of nitrogens with one attached hydrogen (secondary N) is 2. The smallest absolute Gasteiger partial charge is 0.255 e. The van der Waals surface area contributed by atoms with Crippen LogP contribution in [0.15, 0.2) is 61.2 Å². The molecule has 0 saturated carbocycles. The van der Waals surface area contributed by atoms with E-state index in [9.17, 15) is 14.4 Å². The molecular formula is C24H27N3O3. The Hall–Kier alpha value is -3.41. The molecule has 0 aliphatic carbocycles. The summed E-state index contributed by atoms with van der Waals surface area (Å²) in [7, 11) is 0. The lowest BCUT2D eigenvalue weighted by molar-refractivity contribution is -0.126. The van der Waals surface area contributed by atoms with Gasteiger partial charge in [0, 0.05) is 42.4 Å². The average Bonchev–Trinajstić information content (AvgIpc) is 2.77. The van der Waals surface area contributed by atoms with Crippen LogP contribution in [-0.2, 0) is 4.79 Å². The third kappa shape index (κ3) is 5.35. The number of hydrogen-bond donors (Lipinski definition) is 2. The molecule has 1 heterocycles. The number of carbonyl (C=O) groups excluding carboxylic acids is 3. The minimum absolute atomic E-state index is 0.0165. The Morgan fingerprint density at radius 2 is 1.77 bits per heavy atom. The quantitative estimate of drug-likeness (QED) is 0.723. The monoisotopic (exact) mass is 405 g/mol. The molecular weight excluding hydrogens is 378 g/mol. The molecule has 0 unspecified atom stereocenters. The Balaban J connectivity index is 1.59. The largest absolute Gasteiger partial charge is 0.352 e. The van der Waals surface area contributed by atoms with E-state index < -0.39 is 0 Å². The molecule has 0 aromatic heterocycles. The first-order valence-electron chi connectivity index (χ1n) is 10.1. The second kappa shape index (κ2) is 9.87. The number of piperidine rings is 1. The van der Waals surface area contributed by atoms with Gasteiger partial charge in [0.05, 0.1) is 0 Å². The number of amides is 3. The fourth-order valence-electron chi connectivity index (χ4n) is 3.48. The molecule has 0 bridgehead atoms. The van der Waals surface area contributed by atoms with Crippen molar-refractivity contribution in [2.75, 3.05) is 25.0 Å². The molecule has 1 aliphatic rings. The predicted octanol–water partition coefficient (Wildman–Crippen LogP) is 3.40. The second-order valence-corrected chi connectivity index (χ2v) is 7.50. The lowest BCUT2D eigenvalue weighted by Crippen LogP contribution is -2.43. The predicted molar refractivity (Wildman–Crippen MR) is 117 cm³/mol. The van der Waals surface area contributed by atoms with Gasteiger partial charge in [-0.05, 0) is 50.1 Å². The van der Waals surface area contributed by atoms with Gasteiger partial charge < -0.3 is 15.5 Å². The molecule has 2 aromatic rings. The summed E-state index contributed by atoms with van der Waals surface area (Å²) in [5.41, 5.74) is 2.74. The minimum Gasteiger partial charge on any atom is -0.352 e. The summed E-state index contributed by atoms with van der Waals surface area (Å²) in [6.07, 6.45) is 2.93. The zero-order chi connectivity index (χ0) is 21.5. The van der Waals surface area contributed by atoms with Crippen LogP contribution in [-0.4, -0.2) is 42.3 Å². The van der Waals surface area contributed by atoms with Crippen LogP contribution >= 0.6 is 0 Å². The fourth-order valence-corrected chi connectivity index (χ4v) is 3.48. The molecule has 0 radical (unpaired) electrons. The number of benzene rings is 2. The summed E-state index contributed by atoms with van der Waals surface area (Å²) in [5.74, 6) is -0.366. The first kappa shape index (κ1) is 21.3. The van der Waals surface area contributed by atoms with Crippen LogP contribution in [0.2, 0.25) is 0 Å². The molecule has 1 saturated heterocycles. The van der Waals surface area contributed by atoms with Crippen LogP contribution in [0.3, 0.4) is 0 Å². The van der Waals surface area contributed by atoms with Gasteiger partial charge in [-0.2, -0.15) is 0 Å². The topological polar surface area (TPSA) is 78.5 Å². The van der Waals surface area contributed by atoms with Gasteiger partial charge in [0.25, 0.3) is 11.8 Å². The number of nitrogens with zero attached hydrogens (tertiary/aromatic N) is 1. The van der Waals surface area contributed by atoms with E-state index in [1.54, 1.807) is 47.4 Å². The lowest BCUT2D eigenvalue weighted by atomic mass is 9.95. The fraction of sp³-hybridized carbons (Fsp3) is 0.292. The zero-order valence-corrected chi connectivity index (χ0v) is 17.2. The van der Waals surface area contributed by atoms with Gasteiger partial charge in [-0.15, -0.1) is 6.58 Å². The Kier molecular flexibility index (Phi) is 7.01. The van der Waals surface area contributed by atoms with E-state index in [4.69, 9.17) is 0 Å². The van der Waals surface area contributed by atoms with Crippen LogP contribution in [0.1, 0.15) is 39.1 Å². The molecule has 6 nitrogen and oxygen atoms in total. The van der Waals surface area contributed by atoms with Crippen molar-refractivity contribution in [3.8, 4) is 0 Å². The van der Waals surface area contributed by atoms with Crippen LogP contribution < -0.4 is 10.6 Å². The highest BCUT2D eigenvalue weighted by Crippen LogP contribution is 2.21. The van der Waals surface area contributed by atoms with Gasteiger partial charge in [0.15, 0.2) is 0 Å². The van der Waals surface area contributed by atoms with Crippen LogP contribution in [0, 0.1) is 12.8 Å². The normalized spacial score (nSPS) is 14.1. The Bertz CT molecular complexity index is 929. The van der Waals surface area contributed by atoms with Gasteiger partial charge in [-0.1, -0.05) is 29.8 Å². The maximum atomic E-state index is 12.9. The van der Waals surface area contributed by atoms with Gasteiger partial charge >= 0.3 is 0 Å². The van der Waals surface area contributed by atoms with Crippen molar-refractivity contribution in [2.24, 2.45) is 5.92 Å². The molecule has 2 N–H and O–H groups in total. The summed E-state index contributed by atoms with van der Waals surface area (Å²) in [4.78, 5) is 39.2. The average molecular weight is 405 g/mol. The van der Waals surface area contributed by atoms with Gasteiger partial charge in [0.2, 0.25) is 5.91 Å².